The Morgan fingerprint density at radius 3 is 2.31 bits per heavy atom. The molecular formula is C19H23BClN3O2. The number of halogens is 1. The van der Waals surface area contributed by atoms with Gasteiger partial charge in [-0.25, -0.2) is 9.97 Å². The van der Waals surface area contributed by atoms with Crippen molar-refractivity contribution in [2.24, 2.45) is 0 Å². The lowest BCUT2D eigenvalue weighted by Crippen LogP contribution is -2.41. The highest BCUT2D eigenvalue weighted by Gasteiger charge is 2.51. The van der Waals surface area contributed by atoms with Crippen molar-refractivity contribution in [1.29, 1.82) is 0 Å². The SMILES string of the molecule is CC1(C)OB(c2cnc(NC3Cc4ccc(Cl)cc4C3)nc2)OC1(C)C. The summed E-state index contributed by atoms with van der Waals surface area (Å²) in [7, 11) is -0.438. The van der Waals surface area contributed by atoms with Crippen LogP contribution >= 0.6 is 11.6 Å². The van der Waals surface area contributed by atoms with E-state index in [1.165, 1.54) is 11.1 Å². The second-order valence-corrected chi connectivity index (χ2v) is 8.53. The van der Waals surface area contributed by atoms with Crippen molar-refractivity contribution in [2.45, 2.75) is 57.8 Å². The lowest BCUT2D eigenvalue weighted by atomic mass is 9.81. The summed E-state index contributed by atoms with van der Waals surface area (Å²) < 4.78 is 12.1. The number of hydrogen-bond donors (Lipinski definition) is 1. The minimum absolute atomic E-state index is 0.283. The predicted octanol–water partition coefficient (Wildman–Crippen LogP) is 3.01. The van der Waals surface area contributed by atoms with Crippen LogP contribution in [0, 0.1) is 0 Å². The van der Waals surface area contributed by atoms with Gasteiger partial charge in [-0.1, -0.05) is 17.7 Å². The number of rotatable bonds is 3. The molecule has 0 amide bonds. The van der Waals surface area contributed by atoms with E-state index in [2.05, 4.69) is 21.4 Å². The van der Waals surface area contributed by atoms with Gasteiger partial charge in [-0.05, 0) is 63.8 Å². The van der Waals surface area contributed by atoms with E-state index in [9.17, 15) is 0 Å². The monoisotopic (exact) mass is 371 g/mol. The highest BCUT2D eigenvalue weighted by molar-refractivity contribution is 6.61. The van der Waals surface area contributed by atoms with Crippen LogP contribution in [-0.2, 0) is 22.2 Å². The molecule has 26 heavy (non-hydrogen) atoms. The Hall–Kier alpha value is -1.63. The summed E-state index contributed by atoms with van der Waals surface area (Å²) in [4.78, 5) is 8.91. The van der Waals surface area contributed by atoms with Crippen molar-refractivity contribution >= 4 is 30.1 Å². The van der Waals surface area contributed by atoms with Crippen LogP contribution < -0.4 is 10.8 Å². The third-order valence-electron chi connectivity index (χ3n) is 5.63. The molecule has 0 saturated carbocycles. The highest BCUT2D eigenvalue weighted by Crippen LogP contribution is 2.36. The number of fused-ring (bicyclic) bond motifs is 1. The van der Waals surface area contributed by atoms with Crippen LogP contribution in [0.5, 0.6) is 0 Å². The van der Waals surface area contributed by atoms with E-state index >= 15 is 0 Å². The van der Waals surface area contributed by atoms with E-state index < -0.39 is 7.12 Å². The first-order chi connectivity index (χ1) is 12.2. The van der Waals surface area contributed by atoms with E-state index in [1.807, 2.05) is 39.8 Å². The molecule has 0 radical (unpaired) electrons. The van der Waals surface area contributed by atoms with Gasteiger partial charge in [-0.3, -0.25) is 0 Å². The summed E-state index contributed by atoms with van der Waals surface area (Å²) >= 11 is 6.08. The third kappa shape index (κ3) is 3.22. The highest BCUT2D eigenvalue weighted by atomic mass is 35.5. The molecule has 1 aromatic heterocycles. The van der Waals surface area contributed by atoms with E-state index in [0.717, 1.165) is 23.3 Å². The van der Waals surface area contributed by atoms with Gasteiger partial charge in [0.15, 0.2) is 0 Å². The average molecular weight is 372 g/mol. The van der Waals surface area contributed by atoms with Gasteiger partial charge in [0.05, 0.1) is 11.2 Å². The number of hydrogen-bond acceptors (Lipinski definition) is 5. The first kappa shape index (κ1) is 17.8. The molecule has 136 valence electrons. The average Bonchev–Trinajstić information content (AvgIpc) is 3.04. The molecule has 2 aliphatic rings. The Morgan fingerprint density at radius 2 is 1.65 bits per heavy atom. The van der Waals surface area contributed by atoms with Crippen molar-refractivity contribution < 1.29 is 9.31 Å². The van der Waals surface area contributed by atoms with Crippen LogP contribution in [0.3, 0.4) is 0 Å². The van der Waals surface area contributed by atoms with Gasteiger partial charge < -0.3 is 14.6 Å². The molecule has 2 aromatic rings. The topological polar surface area (TPSA) is 56.3 Å². The molecule has 1 aliphatic carbocycles. The molecule has 5 nitrogen and oxygen atoms in total. The van der Waals surface area contributed by atoms with E-state index in [4.69, 9.17) is 20.9 Å². The van der Waals surface area contributed by atoms with Crippen LogP contribution in [0.15, 0.2) is 30.6 Å². The quantitative estimate of drug-likeness (QED) is 0.841. The van der Waals surface area contributed by atoms with E-state index in [1.54, 1.807) is 12.4 Å². The summed E-state index contributed by atoms with van der Waals surface area (Å²) in [5, 5.41) is 4.20. The Bertz CT molecular complexity index is 810. The molecule has 0 spiro atoms. The summed E-state index contributed by atoms with van der Waals surface area (Å²) in [6.45, 7) is 8.14. The van der Waals surface area contributed by atoms with Crippen LogP contribution in [0.25, 0.3) is 0 Å². The van der Waals surface area contributed by atoms with Gasteiger partial charge in [0, 0.05) is 28.9 Å². The molecule has 4 rings (SSSR count). The lowest BCUT2D eigenvalue weighted by molar-refractivity contribution is 0.00578. The smallest absolute Gasteiger partial charge is 0.399 e. The van der Waals surface area contributed by atoms with Gasteiger partial charge in [0.25, 0.3) is 0 Å². The number of nitrogens with zero attached hydrogens (tertiary/aromatic N) is 2. The standard InChI is InChI=1S/C19H23BClN3O2/c1-18(2)19(3,4)26-20(25-18)14-10-22-17(23-11-14)24-16-8-12-5-6-15(21)7-13(12)9-16/h5-7,10-11,16H,8-9H2,1-4H3,(H,22,23,24). The number of benzene rings is 1. The predicted molar refractivity (Wildman–Crippen MR) is 104 cm³/mol. The lowest BCUT2D eigenvalue weighted by Gasteiger charge is -2.32. The zero-order chi connectivity index (χ0) is 18.5. The molecule has 1 unspecified atom stereocenters. The maximum Gasteiger partial charge on any atom is 0.498 e. The zero-order valence-electron chi connectivity index (χ0n) is 15.5. The Balaban J connectivity index is 1.42. The van der Waals surface area contributed by atoms with Gasteiger partial charge in [0.1, 0.15) is 0 Å². The molecule has 2 heterocycles. The maximum absolute atomic E-state index is 6.08. The fourth-order valence-corrected chi connectivity index (χ4v) is 3.58. The van der Waals surface area contributed by atoms with Crippen molar-refractivity contribution in [3.05, 3.63) is 46.7 Å². The molecule has 0 bridgehead atoms. The first-order valence-electron chi connectivity index (χ1n) is 8.95. The second kappa shape index (κ2) is 6.22. The van der Waals surface area contributed by atoms with Crippen molar-refractivity contribution in [3.8, 4) is 0 Å². The molecule has 1 fully saturated rings. The van der Waals surface area contributed by atoms with E-state index in [-0.39, 0.29) is 17.2 Å². The Morgan fingerprint density at radius 1 is 1.04 bits per heavy atom. The summed E-state index contributed by atoms with van der Waals surface area (Å²) in [6, 6.07) is 6.37. The summed E-state index contributed by atoms with van der Waals surface area (Å²) in [5.74, 6) is 0.620. The molecule has 1 N–H and O–H groups in total. The normalized spacial score (nSPS) is 23.1. The van der Waals surface area contributed by atoms with Crippen LogP contribution in [0.2, 0.25) is 5.02 Å². The Kier molecular flexibility index (Phi) is 4.25. The molecule has 1 saturated heterocycles. The number of aromatic nitrogens is 2. The second-order valence-electron chi connectivity index (χ2n) is 8.09. The minimum atomic E-state index is -0.438. The molecule has 1 aromatic carbocycles. The summed E-state index contributed by atoms with van der Waals surface area (Å²) in [6.07, 6.45) is 5.43. The summed E-state index contributed by atoms with van der Waals surface area (Å²) in [5.41, 5.74) is 2.72. The first-order valence-corrected chi connectivity index (χ1v) is 9.33. The minimum Gasteiger partial charge on any atom is -0.399 e. The van der Waals surface area contributed by atoms with Gasteiger partial charge >= 0.3 is 7.12 Å². The maximum atomic E-state index is 6.08. The largest absolute Gasteiger partial charge is 0.498 e. The number of nitrogens with one attached hydrogen (secondary N) is 1. The van der Waals surface area contributed by atoms with Crippen LogP contribution in [0.1, 0.15) is 38.8 Å². The van der Waals surface area contributed by atoms with Crippen molar-refractivity contribution in [1.82, 2.24) is 9.97 Å². The van der Waals surface area contributed by atoms with E-state index in [0.29, 0.717) is 5.95 Å². The molecule has 7 heteroatoms. The van der Waals surface area contributed by atoms with Crippen LogP contribution in [-0.4, -0.2) is 34.3 Å². The fourth-order valence-electron chi connectivity index (χ4n) is 3.38. The van der Waals surface area contributed by atoms with Gasteiger partial charge in [-0.15, -0.1) is 0 Å². The van der Waals surface area contributed by atoms with Crippen molar-refractivity contribution in [2.75, 3.05) is 5.32 Å². The third-order valence-corrected chi connectivity index (χ3v) is 5.87. The van der Waals surface area contributed by atoms with Gasteiger partial charge in [0.2, 0.25) is 5.95 Å². The van der Waals surface area contributed by atoms with Crippen LogP contribution in [0.4, 0.5) is 5.95 Å². The van der Waals surface area contributed by atoms with Gasteiger partial charge in [-0.2, -0.15) is 0 Å². The number of anilines is 1. The molecule has 1 aliphatic heterocycles. The van der Waals surface area contributed by atoms with Crippen molar-refractivity contribution in [3.63, 3.8) is 0 Å². The molecule has 1 atom stereocenters. The zero-order valence-corrected chi connectivity index (χ0v) is 16.3. The molecular weight excluding hydrogens is 348 g/mol. The fraction of sp³-hybridized carbons (Fsp3) is 0.474. The Labute approximate surface area is 159 Å².